The third-order valence-corrected chi connectivity index (χ3v) is 2.28. The molecule has 108 valence electrons. The van der Waals surface area contributed by atoms with Crippen LogP contribution in [0.3, 0.4) is 0 Å². The third-order valence-electron chi connectivity index (χ3n) is 2.28. The van der Waals surface area contributed by atoms with Gasteiger partial charge in [-0.3, -0.25) is 4.79 Å². The first-order chi connectivity index (χ1) is 8.92. The number of hydrogen-bond donors (Lipinski definition) is 4. The summed E-state index contributed by atoms with van der Waals surface area (Å²) in [6.07, 6.45) is 1.23. The fourth-order valence-electron chi connectivity index (χ4n) is 1.34. The number of primary amides is 1. The standard InChI is InChI=1S/C11H19N3O5/c1-2-5-14(6-7-15)11(19)13-8(10(17)18)3-4-9(12)16/h2,8,15H,1,3-7H2,(H2,12,16)(H,13,19)(H,17,18)/t8-/m0/s1. The van der Waals surface area contributed by atoms with Gasteiger partial charge in [0.25, 0.3) is 0 Å². The molecule has 0 aliphatic carbocycles. The number of nitrogens with one attached hydrogen (secondary N) is 1. The van der Waals surface area contributed by atoms with Crippen LogP contribution < -0.4 is 11.1 Å². The van der Waals surface area contributed by atoms with Crippen molar-refractivity contribution in [1.29, 1.82) is 0 Å². The molecule has 0 bridgehead atoms. The van der Waals surface area contributed by atoms with E-state index >= 15 is 0 Å². The Morgan fingerprint density at radius 1 is 1.42 bits per heavy atom. The smallest absolute Gasteiger partial charge is 0.326 e. The lowest BCUT2D eigenvalue weighted by molar-refractivity contribution is -0.139. The zero-order valence-electron chi connectivity index (χ0n) is 10.5. The summed E-state index contributed by atoms with van der Waals surface area (Å²) in [5.41, 5.74) is 4.93. The highest BCUT2D eigenvalue weighted by molar-refractivity contribution is 5.83. The summed E-state index contributed by atoms with van der Waals surface area (Å²) < 4.78 is 0. The van der Waals surface area contributed by atoms with Crippen LogP contribution in [-0.4, -0.2) is 58.8 Å². The summed E-state index contributed by atoms with van der Waals surface area (Å²) in [6, 6.07) is -1.85. The molecule has 0 rings (SSSR count). The van der Waals surface area contributed by atoms with Gasteiger partial charge in [-0.15, -0.1) is 6.58 Å². The molecule has 0 radical (unpaired) electrons. The van der Waals surface area contributed by atoms with Gasteiger partial charge in [-0.25, -0.2) is 9.59 Å². The minimum atomic E-state index is -1.25. The normalized spacial score (nSPS) is 11.4. The van der Waals surface area contributed by atoms with Crippen molar-refractivity contribution in [3.05, 3.63) is 12.7 Å². The molecule has 0 aromatic heterocycles. The van der Waals surface area contributed by atoms with E-state index in [2.05, 4.69) is 11.9 Å². The highest BCUT2D eigenvalue weighted by Gasteiger charge is 2.22. The van der Waals surface area contributed by atoms with Crippen molar-refractivity contribution in [1.82, 2.24) is 10.2 Å². The van der Waals surface area contributed by atoms with Crippen LogP contribution in [0, 0.1) is 0 Å². The van der Waals surface area contributed by atoms with Gasteiger partial charge in [0.15, 0.2) is 0 Å². The average Bonchev–Trinajstić information content (AvgIpc) is 2.33. The monoisotopic (exact) mass is 273 g/mol. The molecule has 1 atom stereocenters. The summed E-state index contributed by atoms with van der Waals surface area (Å²) in [6.45, 7) is 3.44. The van der Waals surface area contributed by atoms with E-state index in [4.69, 9.17) is 15.9 Å². The molecule has 0 aromatic carbocycles. The number of aliphatic carboxylic acids is 1. The Labute approximate surface area is 110 Å². The predicted octanol–water partition coefficient (Wildman–Crippen LogP) is -1.10. The van der Waals surface area contributed by atoms with Gasteiger partial charge < -0.3 is 26.2 Å². The maximum absolute atomic E-state index is 11.8. The zero-order chi connectivity index (χ0) is 14.8. The minimum Gasteiger partial charge on any atom is -0.480 e. The van der Waals surface area contributed by atoms with E-state index in [1.807, 2.05) is 0 Å². The number of carboxylic acid groups (broad SMARTS) is 1. The summed E-state index contributed by atoms with van der Waals surface area (Å²) >= 11 is 0. The van der Waals surface area contributed by atoms with E-state index in [-0.39, 0.29) is 32.5 Å². The SMILES string of the molecule is C=CCN(CCO)C(=O)N[C@@H](CCC(N)=O)C(=O)O. The van der Waals surface area contributed by atoms with Crippen LogP contribution >= 0.6 is 0 Å². The average molecular weight is 273 g/mol. The molecular formula is C11H19N3O5. The van der Waals surface area contributed by atoms with Gasteiger partial charge in [0.05, 0.1) is 6.61 Å². The Bertz CT molecular complexity index is 345. The first kappa shape index (κ1) is 16.9. The van der Waals surface area contributed by atoms with Crippen molar-refractivity contribution in [3.63, 3.8) is 0 Å². The molecule has 19 heavy (non-hydrogen) atoms. The molecule has 0 spiro atoms. The van der Waals surface area contributed by atoms with Crippen LogP contribution in [0.15, 0.2) is 12.7 Å². The van der Waals surface area contributed by atoms with Crippen molar-refractivity contribution in [2.75, 3.05) is 19.7 Å². The van der Waals surface area contributed by atoms with Gasteiger partial charge in [0, 0.05) is 19.5 Å². The van der Waals surface area contributed by atoms with E-state index in [9.17, 15) is 14.4 Å². The van der Waals surface area contributed by atoms with E-state index < -0.39 is 23.9 Å². The van der Waals surface area contributed by atoms with Gasteiger partial charge in [0.1, 0.15) is 6.04 Å². The quantitative estimate of drug-likeness (QED) is 0.395. The largest absolute Gasteiger partial charge is 0.480 e. The number of carbonyl (C=O) groups is 3. The molecule has 8 nitrogen and oxygen atoms in total. The predicted molar refractivity (Wildman–Crippen MR) is 67.2 cm³/mol. The lowest BCUT2D eigenvalue weighted by atomic mass is 10.1. The Morgan fingerprint density at radius 3 is 2.47 bits per heavy atom. The van der Waals surface area contributed by atoms with Crippen LogP contribution in [0.4, 0.5) is 4.79 Å². The molecule has 0 heterocycles. The number of urea groups is 1. The number of carboxylic acids is 1. The number of nitrogens with zero attached hydrogens (tertiary/aromatic N) is 1. The molecule has 0 aliphatic heterocycles. The summed E-state index contributed by atoms with van der Waals surface area (Å²) in [7, 11) is 0. The van der Waals surface area contributed by atoms with Crippen LogP contribution in [0.1, 0.15) is 12.8 Å². The summed E-state index contributed by atoms with van der Waals surface area (Å²) in [4.78, 5) is 34.5. The van der Waals surface area contributed by atoms with Crippen LogP contribution in [0.25, 0.3) is 0 Å². The van der Waals surface area contributed by atoms with E-state index in [0.717, 1.165) is 0 Å². The van der Waals surface area contributed by atoms with Crippen molar-refractivity contribution >= 4 is 17.9 Å². The number of amides is 3. The lowest BCUT2D eigenvalue weighted by Crippen LogP contribution is -2.49. The molecule has 0 saturated carbocycles. The van der Waals surface area contributed by atoms with Crippen molar-refractivity contribution < 1.29 is 24.6 Å². The van der Waals surface area contributed by atoms with E-state index in [0.29, 0.717) is 0 Å². The molecule has 0 saturated heterocycles. The third kappa shape index (κ3) is 7.04. The second-order valence-corrected chi connectivity index (χ2v) is 3.80. The number of nitrogens with two attached hydrogens (primary N) is 1. The molecule has 0 aromatic rings. The van der Waals surface area contributed by atoms with Crippen LogP contribution in [0.2, 0.25) is 0 Å². The molecule has 0 fully saturated rings. The van der Waals surface area contributed by atoms with Gasteiger partial charge in [-0.2, -0.15) is 0 Å². The number of carbonyl (C=O) groups excluding carboxylic acids is 2. The highest BCUT2D eigenvalue weighted by Crippen LogP contribution is 2.00. The number of aliphatic hydroxyl groups excluding tert-OH is 1. The fraction of sp³-hybridized carbons (Fsp3) is 0.545. The summed E-state index contributed by atoms with van der Waals surface area (Å²) in [5, 5.41) is 20.0. The van der Waals surface area contributed by atoms with Gasteiger partial charge in [-0.05, 0) is 6.42 Å². The molecule has 3 amide bonds. The topological polar surface area (TPSA) is 133 Å². The van der Waals surface area contributed by atoms with Crippen molar-refractivity contribution in [3.8, 4) is 0 Å². The van der Waals surface area contributed by atoms with E-state index in [1.54, 1.807) is 0 Å². The fourth-order valence-corrected chi connectivity index (χ4v) is 1.34. The maximum atomic E-state index is 11.8. The molecule has 0 aliphatic rings. The molecule has 5 N–H and O–H groups in total. The lowest BCUT2D eigenvalue weighted by Gasteiger charge is -2.23. The number of aliphatic hydroxyl groups is 1. The first-order valence-electron chi connectivity index (χ1n) is 5.70. The Kier molecular flexibility index (Phi) is 7.94. The van der Waals surface area contributed by atoms with Crippen molar-refractivity contribution in [2.24, 2.45) is 5.73 Å². The first-order valence-corrected chi connectivity index (χ1v) is 5.70. The Balaban J connectivity index is 4.54. The van der Waals surface area contributed by atoms with Crippen LogP contribution in [-0.2, 0) is 9.59 Å². The zero-order valence-corrected chi connectivity index (χ0v) is 10.5. The molecule has 0 unspecified atom stereocenters. The number of rotatable bonds is 9. The maximum Gasteiger partial charge on any atom is 0.326 e. The molecular weight excluding hydrogens is 254 g/mol. The second kappa shape index (κ2) is 8.92. The van der Waals surface area contributed by atoms with Crippen LogP contribution in [0.5, 0.6) is 0 Å². The van der Waals surface area contributed by atoms with Gasteiger partial charge >= 0.3 is 12.0 Å². The van der Waals surface area contributed by atoms with Gasteiger partial charge in [-0.1, -0.05) is 6.08 Å². The van der Waals surface area contributed by atoms with E-state index in [1.165, 1.54) is 11.0 Å². The second-order valence-electron chi connectivity index (χ2n) is 3.80. The van der Waals surface area contributed by atoms with Gasteiger partial charge in [0.2, 0.25) is 5.91 Å². The highest BCUT2D eigenvalue weighted by atomic mass is 16.4. The molecule has 8 heteroatoms. The number of hydrogen-bond acceptors (Lipinski definition) is 4. The minimum absolute atomic E-state index is 0.0556. The Hall–Kier alpha value is -2.09. The Morgan fingerprint density at radius 2 is 2.05 bits per heavy atom. The summed E-state index contributed by atoms with van der Waals surface area (Å²) in [5.74, 6) is -1.89. The van der Waals surface area contributed by atoms with Crippen molar-refractivity contribution in [2.45, 2.75) is 18.9 Å².